The van der Waals surface area contributed by atoms with Gasteiger partial charge in [0.05, 0.1) is 5.56 Å². The van der Waals surface area contributed by atoms with Crippen LogP contribution < -0.4 is 10.6 Å². The Hall–Kier alpha value is -1.91. The van der Waals surface area contributed by atoms with Crippen LogP contribution in [0.4, 0.5) is 4.39 Å². The van der Waals surface area contributed by atoms with Crippen LogP contribution in [-0.2, 0) is 0 Å². The summed E-state index contributed by atoms with van der Waals surface area (Å²) in [4.78, 5) is 12.4. The molecule has 1 aliphatic rings. The molecular weight excluding hydrogens is 339 g/mol. The molecule has 0 radical (unpaired) electrons. The lowest BCUT2D eigenvalue weighted by Gasteiger charge is -2.28. The average Bonchev–Trinajstić information content (AvgIpc) is 2.55. The molecule has 1 amide bonds. The molecule has 2 N–H and O–H groups in total. The summed E-state index contributed by atoms with van der Waals surface area (Å²) in [6.07, 6.45) is 1.74. The van der Waals surface area contributed by atoms with E-state index in [0.717, 1.165) is 36.1 Å². The fourth-order valence-corrected chi connectivity index (χ4v) is 3.15. The number of rotatable bonds is 3. The quantitative estimate of drug-likeness (QED) is 0.863. The van der Waals surface area contributed by atoms with E-state index in [2.05, 4.69) is 17.6 Å². The van der Waals surface area contributed by atoms with Crippen molar-refractivity contribution < 1.29 is 9.18 Å². The molecule has 2 aromatic rings. The number of carbonyl (C=O) groups is 1. The number of aryl methyl sites for hydroxylation is 1. The third-order valence-electron chi connectivity index (χ3n) is 4.56. The van der Waals surface area contributed by atoms with E-state index < -0.39 is 5.82 Å². The second-order valence-electron chi connectivity index (χ2n) is 6.61. The first-order chi connectivity index (χ1) is 11.5. The summed E-state index contributed by atoms with van der Waals surface area (Å²) in [5.41, 5.74) is 2.99. The van der Waals surface area contributed by atoms with Crippen molar-refractivity contribution in [1.29, 1.82) is 0 Å². The molecule has 5 heteroatoms. The Labute approximate surface area is 154 Å². The molecule has 25 heavy (non-hydrogen) atoms. The minimum atomic E-state index is -0.479. The molecule has 1 heterocycles. The van der Waals surface area contributed by atoms with Crippen LogP contribution in [0.3, 0.4) is 0 Å². The van der Waals surface area contributed by atoms with Crippen LogP contribution in [0.25, 0.3) is 11.1 Å². The van der Waals surface area contributed by atoms with Gasteiger partial charge in [0.1, 0.15) is 5.82 Å². The molecule has 1 fully saturated rings. The highest BCUT2D eigenvalue weighted by atomic mass is 35.5. The second kappa shape index (κ2) is 8.45. The van der Waals surface area contributed by atoms with Crippen molar-refractivity contribution in [3.05, 3.63) is 59.4 Å². The largest absolute Gasteiger partial charge is 0.349 e. The van der Waals surface area contributed by atoms with Gasteiger partial charge in [-0.1, -0.05) is 35.9 Å². The molecule has 2 unspecified atom stereocenters. The van der Waals surface area contributed by atoms with Gasteiger partial charge in [-0.2, -0.15) is 0 Å². The first kappa shape index (κ1) is 19.4. The van der Waals surface area contributed by atoms with Gasteiger partial charge in [0.2, 0.25) is 0 Å². The van der Waals surface area contributed by atoms with Crippen molar-refractivity contribution in [3.63, 3.8) is 0 Å². The van der Waals surface area contributed by atoms with E-state index in [1.165, 1.54) is 6.07 Å². The first-order valence-corrected chi connectivity index (χ1v) is 8.44. The van der Waals surface area contributed by atoms with Crippen LogP contribution in [0.2, 0.25) is 0 Å². The smallest absolute Gasteiger partial charge is 0.254 e. The molecule has 0 bridgehead atoms. The molecule has 0 spiro atoms. The molecule has 0 aromatic heterocycles. The molecule has 2 atom stereocenters. The Morgan fingerprint density at radius 2 is 1.84 bits per heavy atom. The average molecular weight is 363 g/mol. The second-order valence-corrected chi connectivity index (χ2v) is 6.61. The summed E-state index contributed by atoms with van der Waals surface area (Å²) < 4.78 is 14.4. The van der Waals surface area contributed by atoms with Gasteiger partial charge in [-0.15, -0.1) is 12.4 Å². The standard InChI is InChI=1S/C20H23FN2O.ClH/c1-13-3-5-15(6-4-13)16-7-8-18(19(21)12-16)20(24)23-17-9-10-22-14(2)11-17;/h3-8,12,14,17,22H,9-11H2,1-2H3,(H,23,24);1H. The number of piperidine rings is 1. The zero-order chi connectivity index (χ0) is 17.1. The van der Waals surface area contributed by atoms with Crippen LogP contribution >= 0.6 is 12.4 Å². The summed E-state index contributed by atoms with van der Waals surface area (Å²) in [6.45, 7) is 4.98. The van der Waals surface area contributed by atoms with Crippen LogP contribution in [0.5, 0.6) is 0 Å². The van der Waals surface area contributed by atoms with Crippen molar-refractivity contribution in [2.45, 2.75) is 38.8 Å². The zero-order valence-corrected chi connectivity index (χ0v) is 15.3. The Kier molecular flexibility index (Phi) is 6.57. The molecule has 0 aliphatic carbocycles. The number of hydrogen-bond donors (Lipinski definition) is 2. The van der Waals surface area contributed by atoms with E-state index in [-0.39, 0.29) is 29.9 Å². The van der Waals surface area contributed by atoms with Crippen molar-refractivity contribution >= 4 is 18.3 Å². The van der Waals surface area contributed by atoms with E-state index >= 15 is 0 Å². The van der Waals surface area contributed by atoms with Gasteiger partial charge in [0, 0.05) is 12.1 Å². The minimum absolute atomic E-state index is 0. The van der Waals surface area contributed by atoms with Crippen molar-refractivity contribution in [2.24, 2.45) is 0 Å². The van der Waals surface area contributed by atoms with Gasteiger partial charge in [-0.05, 0) is 56.5 Å². The monoisotopic (exact) mass is 362 g/mol. The Bertz CT molecular complexity index is 733. The first-order valence-electron chi connectivity index (χ1n) is 8.44. The van der Waals surface area contributed by atoms with E-state index in [4.69, 9.17) is 0 Å². The highest BCUT2D eigenvalue weighted by Gasteiger charge is 2.22. The van der Waals surface area contributed by atoms with Gasteiger partial charge in [-0.3, -0.25) is 4.79 Å². The Morgan fingerprint density at radius 3 is 2.48 bits per heavy atom. The Morgan fingerprint density at radius 1 is 1.16 bits per heavy atom. The third kappa shape index (κ3) is 4.80. The van der Waals surface area contributed by atoms with Gasteiger partial charge in [-0.25, -0.2) is 4.39 Å². The summed E-state index contributed by atoms with van der Waals surface area (Å²) in [5, 5.41) is 6.29. The number of hydrogen-bond acceptors (Lipinski definition) is 2. The van der Waals surface area contributed by atoms with E-state index in [1.54, 1.807) is 12.1 Å². The lowest BCUT2D eigenvalue weighted by atomic mass is 9.99. The summed E-state index contributed by atoms with van der Waals surface area (Å²) in [6, 6.07) is 13.2. The van der Waals surface area contributed by atoms with Crippen LogP contribution in [0.15, 0.2) is 42.5 Å². The van der Waals surface area contributed by atoms with E-state index in [0.29, 0.717) is 6.04 Å². The van der Waals surface area contributed by atoms with Crippen LogP contribution in [-0.4, -0.2) is 24.5 Å². The highest BCUT2D eigenvalue weighted by molar-refractivity contribution is 5.95. The molecule has 2 aromatic carbocycles. The molecule has 1 aliphatic heterocycles. The maximum absolute atomic E-state index is 14.4. The fraction of sp³-hybridized carbons (Fsp3) is 0.350. The van der Waals surface area contributed by atoms with Gasteiger partial charge in [0.15, 0.2) is 0 Å². The van der Waals surface area contributed by atoms with Gasteiger partial charge < -0.3 is 10.6 Å². The minimum Gasteiger partial charge on any atom is -0.349 e. The van der Waals surface area contributed by atoms with Crippen LogP contribution in [0.1, 0.15) is 35.7 Å². The van der Waals surface area contributed by atoms with Crippen molar-refractivity contribution in [2.75, 3.05) is 6.54 Å². The van der Waals surface area contributed by atoms with Gasteiger partial charge >= 0.3 is 0 Å². The molecule has 0 saturated carbocycles. The number of amides is 1. The Balaban J connectivity index is 0.00000225. The number of nitrogens with one attached hydrogen (secondary N) is 2. The molecule has 1 saturated heterocycles. The fourth-order valence-electron chi connectivity index (χ4n) is 3.15. The number of benzene rings is 2. The predicted octanol–water partition coefficient (Wildman–Crippen LogP) is 4.09. The van der Waals surface area contributed by atoms with E-state index in [1.807, 2.05) is 31.2 Å². The zero-order valence-electron chi connectivity index (χ0n) is 14.5. The molecule has 134 valence electrons. The maximum atomic E-state index is 14.4. The predicted molar refractivity (Wildman–Crippen MR) is 102 cm³/mol. The van der Waals surface area contributed by atoms with Crippen LogP contribution in [0, 0.1) is 12.7 Å². The van der Waals surface area contributed by atoms with E-state index in [9.17, 15) is 9.18 Å². The van der Waals surface area contributed by atoms with Crippen molar-refractivity contribution in [1.82, 2.24) is 10.6 Å². The lowest BCUT2D eigenvalue weighted by molar-refractivity contribution is 0.0921. The summed E-state index contributed by atoms with van der Waals surface area (Å²) >= 11 is 0. The maximum Gasteiger partial charge on any atom is 0.254 e. The topological polar surface area (TPSA) is 41.1 Å². The molecule has 3 rings (SSSR count). The molecule has 3 nitrogen and oxygen atoms in total. The normalized spacial score (nSPS) is 19.8. The highest BCUT2D eigenvalue weighted by Crippen LogP contribution is 2.22. The lowest BCUT2D eigenvalue weighted by Crippen LogP contribution is -2.46. The number of halogens is 2. The third-order valence-corrected chi connectivity index (χ3v) is 4.56. The molecular formula is C20H24ClFN2O. The number of carbonyl (C=O) groups excluding carboxylic acids is 1. The summed E-state index contributed by atoms with van der Waals surface area (Å²) in [7, 11) is 0. The summed E-state index contributed by atoms with van der Waals surface area (Å²) in [5.74, 6) is -0.811. The van der Waals surface area contributed by atoms with Crippen molar-refractivity contribution in [3.8, 4) is 11.1 Å². The van der Waals surface area contributed by atoms with Gasteiger partial charge in [0.25, 0.3) is 5.91 Å². The SMILES string of the molecule is Cc1ccc(-c2ccc(C(=O)NC3CCNC(C)C3)c(F)c2)cc1.Cl.